The summed E-state index contributed by atoms with van der Waals surface area (Å²) in [4.78, 5) is 0. The molecule has 4 nitrogen and oxygen atoms in total. The van der Waals surface area contributed by atoms with Crippen LogP contribution in [-0.4, -0.2) is 35.6 Å². The molecule has 0 saturated heterocycles. The smallest absolute Gasteiger partial charge is 0.0834 e. The van der Waals surface area contributed by atoms with Gasteiger partial charge < -0.3 is 10.1 Å². The van der Waals surface area contributed by atoms with Gasteiger partial charge in [0.05, 0.1) is 11.3 Å². The lowest BCUT2D eigenvalue weighted by atomic mass is 9.73. The monoisotopic (exact) mass is 237 g/mol. The van der Waals surface area contributed by atoms with Crippen molar-refractivity contribution < 1.29 is 4.74 Å². The number of nitrogens with one attached hydrogen (secondary N) is 1. The zero-order valence-electron chi connectivity index (χ0n) is 11.3. The molecule has 1 heterocycles. The number of hydrogen-bond donors (Lipinski definition) is 1. The summed E-state index contributed by atoms with van der Waals surface area (Å²) in [5.41, 5.74) is 2.38. The Labute approximate surface area is 103 Å². The van der Waals surface area contributed by atoms with Crippen molar-refractivity contribution in [1.29, 1.82) is 0 Å². The number of rotatable bonds is 5. The van der Waals surface area contributed by atoms with Crippen LogP contribution in [0.1, 0.15) is 30.7 Å². The van der Waals surface area contributed by atoms with Gasteiger partial charge in [0, 0.05) is 32.3 Å². The fourth-order valence-corrected chi connectivity index (χ4v) is 2.84. The lowest BCUT2D eigenvalue weighted by Crippen LogP contribution is -2.56. The summed E-state index contributed by atoms with van der Waals surface area (Å²) in [7, 11) is 5.86. The van der Waals surface area contributed by atoms with Crippen LogP contribution in [0.4, 0.5) is 0 Å². The zero-order valence-corrected chi connectivity index (χ0v) is 11.3. The molecular formula is C13H23N3O. The molecule has 1 unspecified atom stereocenters. The van der Waals surface area contributed by atoms with Gasteiger partial charge >= 0.3 is 0 Å². The van der Waals surface area contributed by atoms with Crippen LogP contribution in [0.25, 0.3) is 0 Å². The molecule has 1 aromatic rings. The van der Waals surface area contributed by atoms with Gasteiger partial charge in [0.1, 0.15) is 0 Å². The molecule has 1 aromatic heterocycles. The van der Waals surface area contributed by atoms with Crippen molar-refractivity contribution in [3.8, 4) is 0 Å². The van der Waals surface area contributed by atoms with E-state index in [9.17, 15) is 0 Å². The first-order valence-corrected chi connectivity index (χ1v) is 6.33. The van der Waals surface area contributed by atoms with E-state index in [1.54, 1.807) is 0 Å². The van der Waals surface area contributed by atoms with Gasteiger partial charge in [-0.3, -0.25) is 4.68 Å². The largest absolute Gasteiger partial charge is 0.377 e. The number of aryl methyl sites for hydroxylation is 2. The summed E-state index contributed by atoms with van der Waals surface area (Å²) in [6.45, 7) is 2.04. The molecule has 0 aliphatic heterocycles. The van der Waals surface area contributed by atoms with Gasteiger partial charge in [0.15, 0.2) is 0 Å². The van der Waals surface area contributed by atoms with Gasteiger partial charge in [-0.1, -0.05) is 0 Å². The average molecular weight is 237 g/mol. The van der Waals surface area contributed by atoms with Crippen LogP contribution in [0.15, 0.2) is 6.07 Å². The molecule has 0 spiro atoms. The first-order chi connectivity index (χ1) is 8.11. The second kappa shape index (κ2) is 4.78. The van der Waals surface area contributed by atoms with Crippen molar-refractivity contribution >= 4 is 0 Å². The fraction of sp³-hybridized carbons (Fsp3) is 0.769. The fourth-order valence-electron chi connectivity index (χ4n) is 2.84. The van der Waals surface area contributed by atoms with Crippen LogP contribution < -0.4 is 5.32 Å². The molecular weight excluding hydrogens is 214 g/mol. The second-order valence-corrected chi connectivity index (χ2v) is 5.07. The number of hydrogen-bond acceptors (Lipinski definition) is 3. The number of methoxy groups -OCH3 is 1. The summed E-state index contributed by atoms with van der Waals surface area (Å²) in [5, 5.41) is 7.81. The molecule has 1 saturated carbocycles. The predicted molar refractivity (Wildman–Crippen MR) is 68.1 cm³/mol. The summed E-state index contributed by atoms with van der Waals surface area (Å²) in [6, 6.07) is 2.53. The molecule has 1 N–H and O–H groups in total. The van der Waals surface area contributed by atoms with E-state index in [0.29, 0.717) is 6.04 Å². The van der Waals surface area contributed by atoms with Crippen LogP contribution >= 0.6 is 0 Å². The van der Waals surface area contributed by atoms with Crippen LogP contribution in [-0.2, 0) is 18.2 Å². The van der Waals surface area contributed by atoms with Crippen molar-refractivity contribution in [2.45, 2.75) is 44.2 Å². The highest BCUT2D eigenvalue weighted by Crippen LogP contribution is 2.39. The summed E-state index contributed by atoms with van der Waals surface area (Å²) >= 11 is 0. The summed E-state index contributed by atoms with van der Waals surface area (Å²) in [6.07, 6.45) is 4.57. The third-order valence-electron chi connectivity index (χ3n) is 4.10. The minimum absolute atomic E-state index is 0.0346. The molecule has 1 fully saturated rings. The number of aromatic nitrogens is 2. The molecule has 1 atom stereocenters. The van der Waals surface area contributed by atoms with Gasteiger partial charge in [-0.15, -0.1) is 0 Å². The van der Waals surface area contributed by atoms with Crippen molar-refractivity contribution in [3.05, 3.63) is 17.5 Å². The maximum Gasteiger partial charge on any atom is 0.0834 e. The van der Waals surface area contributed by atoms with E-state index in [2.05, 4.69) is 16.5 Å². The molecule has 0 bridgehead atoms. The van der Waals surface area contributed by atoms with Gasteiger partial charge in [0.2, 0.25) is 0 Å². The lowest BCUT2D eigenvalue weighted by Gasteiger charge is -2.46. The number of nitrogens with zero attached hydrogens (tertiary/aromatic N) is 2. The Morgan fingerprint density at radius 3 is 2.65 bits per heavy atom. The standard InChI is InChI=1S/C13H23N3O/c1-10-8-11(16(3)15-10)9-12(14-2)13(17-4)6-5-7-13/h8,12,14H,5-7,9H2,1-4H3. The molecule has 2 rings (SSSR count). The molecule has 4 heteroatoms. The van der Waals surface area contributed by atoms with E-state index in [4.69, 9.17) is 4.74 Å². The predicted octanol–water partition coefficient (Wildman–Crippen LogP) is 1.43. The maximum atomic E-state index is 5.75. The van der Waals surface area contributed by atoms with Gasteiger partial charge in [-0.05, 0) is 39.3 Å². The van der Waals surface area contributed by atoms with Crippen molar-refractivity contribution in [3.63, 3.8) is 0 Å². The van der Waals surface area contributed by atoms with Crippen LogP contribution in [0, 0.1) is 6.92 Å². The minimum atomic E-state index is 0.0346. The first-order valence-electron chi connectivity index (χ1n) is 6.33. The van der Waals surface area contributed by atoms with Crippen molar-refractivity contribution in [2.24, 2.45) is 7.05 Å². The Morgan fingerprint density at radius 1 is 1.59 bits per heavy atom. The molecule has 0 amide bonds. The van der Waals surface area contributed by atoms with Gasteiger partial charge in [-0.2, -0.15) is 5.10 Å². The molecule has 0 aromatic carbocycles. The second-order valence-electron chi connectivity index (χ2n) is 5.07. The van der Waals surface area contributed by atoms with E-state index in [0.717, 1.165) is 25.0 Å². The molecule has 96 valence electrons. The Morgan fingerprint density at radius 2 is 2.29 bits per heavy atom. The van der Waals surface area contributed by atoms with Crippen LogP contribution in [0.3, 0.4) is 0 Å². The topological polar surface area (TPSA) is 39.1 Å². The Bertz CT molecular complexity index is 377. The molecule has 17 heavy (non-hydrogen) atoms. The highest BCUT2D eigenvalue weighted by Gasteiger charge is 2.43. The minimum Gasteiger partial charge on any atom is -0.377 e. The summed E-state index contributed by atoms with van der Waals surface area (Å²) < 4.78 is 7.73. The first kappa shape index (κ1) is 12.6. The molecule has 0 radical (unpaired) electrons. The SMILES string of the molecule is CNC(Cc1cc(C)nn1C)C1(OC)CCC1. The molecule has 1 aliphatic rings. The van der Waals surface area contributed by atoms with Crippen LogP contribution in [0.2, 0.25) is 0 Å². The zero-order chi connectivity index (χ0) is 12.5. The Balaban J connectivity index is 2.12. The van der Waals surface area contributed by atoms with E-state index in [1.807, 2.05) is 32.8 Å². The summed E-state index contributed by atoms with van der Waals surface area (Å²) in [5.74, 6) is 0. The average Bonchev–Trinajstić information content (AvgIpc) is 2.55. The lowest BCUT2D eigenvalue weighted by molar-refractivity contribution is -0.0969. The maximum absolute atomic E-state index is 5.75. The van der Waals surface area contributed by atoms with Crippen molar-refractivity contribution in [2.75, 3.05) is 14.2 Å². The van der Waals surface area contributed by atoms with E-state index < -0.39 is 0 Å². The van der Waals surface area contributed by atoms with E-state index in [1.165, 1.54) is 12.1 Å². The van der Waals surface area contributed by atoms with Crippen molar-refractivity contribution in [1.82, 2.24) is 15.1 Å². The third kappa shape index (κ3) is 2.24. The molecule has 1 aliphatic carbocycles. The number of likely N-dealkylation sites (N-methyl/N-ethyl adjacent to an activating group) is 1. The van der Waals surface area contributed by atoms with Crippen LogP contribution in [0.5, 0.6) is 0 Å². The van der Waals surface area contributed by atoms with E-state index in [-0.39, 0.29) is 5.60 Å². The Hall–Kier alpha value is -0.870. The van der Waals surface area contributed by atoms with Gasteiger partial charge in [0.25, 0.3) is 0 Å². The highest BCUT2D eigenvalue weighted by atomic mass is 16.5. The van der Waals surface area contributed by atoms with E-state index >= 15 is 0 Å². The normalized spacial score (nSPS) is 20.0. The van der Waals surface area contributed by atoms with Gasteiger partial charge in [-0.25, -0.2) is 0 Å². The quantitative estimate of drug-likeness (QED) is 0.842. The highest BCUT2D eigenvalue weighted by molar-refractivity contribution is 5.13. The number of ether oxygens (including phenoxy) is 1. The third-order valence-corrected chi connectivity index (χ3v) is 4.10. The Kier molecular flexibility index (Phi) is 3.54.